The molecule has 1 heteroatoms. The van der Waals surface area contributed by atoms with Crippen LogP contribution in [0.25, 0.3) is 0 Å². The summed E-state index contributed by atoms with van der Waals surface area (Å²) in [5, 5.41) is 0. The molecule has 0 fully saturated rings. The summed E-state index contributed by atoms with van der Waals surface area (Å²) in [4.78, 5) is 11.0. The lowest BCUT2D eigenvalue weighted by Gasteiger charge is -2.07. The predicted molar refractivity (Wildman–Crippen MR) is 41.8 cm³/mol. The molecule has 1 aliphatic rings. The molecule has 0 bridgehead atoms. The topological polar surface area (TPSA) is 17.1 Å². The molecule has 1 unspecified atom stereocenters. The third-order valence-electron chi connectivity index (χ3n) is 2.11. The molecular weight excluding hydrogens is 124 g/mol. The Labute approximate surface area is 62.1 Å². The molecule has 0 saturated heterocycles. The molecule has 0 amide bonds. The molecule has 0 heterocycles. The van der Waals surface area contributed by atoms with E-state index in [2.05, 4.69) is 6.92 Å². The van der Waals surface area contributed by atoms with Crippen molar-refractivity contribution in [3.05, 3.63) is 12.2 Å². The Hall–Kier alpha value is -0.590. The summed E-state index contributed by atoms with van der Waals surface area (Å²) in [5.74, 6) is 0.951. The number of carbonyl (C=O) groups is 1. The quantitative estimate of drug-likeness (QED) is 0.543. The smallest absolute Gasteiger partial charge is 0.155 e. The summed E-state index contributed by atoms with van der Waals surface area (Å²) < 4.78 is 0. The van der Waals surface area contributed by atoms with Gasteiger partial charge in [0.2, 0.25) is 0 Å². The minimum absolute atomic E-state index is 0.310. The highest BCUT2D eigenvalue weighted by atomic mass is 16.1. The van der Waals surface area contributed by atoms with E-state index in [1.165, 1.54) is 6.42 Å². The Morgan fingerprint density at radius 1 is 1.70 bits per heavy atom. The zero-order valence-corrected chi connectivity index (χ0v) is 6.47. The van der Waals surface area contributed by atoms with E-state index in [0.717, 1.165) is 19.3 Å². The van der Waals surface area contributed by atoms with Gasteiger partial charge in [-0.2, -0.15) is 0 Å². The van der Waals surface area contributed by atoms with Crippen molar-refractivity contribution in [3.63, 3.8) is 0 Å². The van der Waals surface area contributed by atoms with Crippen LogP contribution in [0.4, 0.5) is 0 Å². The Balaban J connectivity index is 2.47. The van der Waals surface area contributed by atoms with E-state index in [0.29, 0.717) is 11.7 Å². The Bertz CT molecular complexity index is 147. The lowest BCUT2D eigenvalue weighted by atomic mass is 9.97. The average Bonchev–Trinajstić information content (AvgIpc) is 2.13. The van der Waals surface area contributed by atoms with Gasteiger partial charge < -0.3 is 0 Å². The lowest BCUT2D eigenvalue weighted by molar-refractivity contribution is -0.115. The first-order valence-electron chi connectivity index (χ1n) is 4.02. The fourth-order valence-electron chi connectivity index (χ4n) is 1.35. The van der Waals surface area contributed by atoms with Gasteiger partial charge >= 0.3 is 0 Å². The minimum Gasteiger partial charge on any atom is -0.295 e. The SMILES string of the molecule is CCC1CCC=CC(=O)C1. The highest BCUT2D eigenvalue weighted by Crippen LogP contribution is 2.18. The molecule has 0 radical (unpaired) electrons. The summed E-state index contributed by atoms with van der Waals surface area (Å²) >= 11 is 0. The number of hydrogen-bond acceptors (Lipinski definition) is 1. The molecule has 10 heavy (non-hydrogen) atoms. The van der Waals surface area contributed by atoms with E-state index in [1.54, 1.807) is 6.08 Å². The van der Waals surface area contributed by atoms with Crippen LogP contribution in [0.5, 0.6) is 0 Å². The van der Waals surface area contributed by atoms with Crippen LogP contribution in [0, 0.1) is 5.92 Å². The van der Waals surface area contributed by atoms with Crippen LogP contribution in [-0.2, 0) is 4.79 Å². The summed E-state index contributed by atoms with van der Waals surface area (Å²) in [6.45, 7) is 2.16. The fraction of sp³-hybridized carbons (Fsp3) is 0.667. The van der Waals surface area contributed by atoms with Crippen molar-refractivity contribution < 1.29 is 4.79 Å². The zero-order valence-electron chi connectivity index (χ0n) is 6.47. The van der Waals surface area contributed by atoms with E-state index < -0.39 is 0 Å². The molecule has 1 atom stereocenters. The van der Waals surface area contributed by atoms with E-state index in [9.17, 15) is 4.79 Å². The maximum absolute atomic E-state index is 11.0. The van der Waals surface area contributed by atoms with Crippen LogP contribution in [0.1, 0.15) is 32.6 Å². The Kier molecular flexibility index (Phi) is 2.67. The van der Waals surface area contributed by atoms with Crippen molar-refractivity contribution in [1.82, 2.24) is 0 Å². The largest absolute Gasteiger partial charge is 0.295 e. The second-order valence-corrected chi connectivity index (χ2v) is 2.92. The van der Waals surface area contributed by atoms with Crippen LogP contribution in [0.3, 0.4) is 0 Å². The fourth-order valence-corrected chi connectivity index (χ4v) is 1.35. The van der Waals surface area contributed by atoms with Gasteiger partial charge in [0.05, 0.1) is 0 Å². The van der Waals surface area contributed by atoms with E-state index >= 15 is 0 Å². The highest BCUT2D eigenvalue weighted by molar-refractivity contribution is 5.89. The third-order valence-corrected chi connectivity index (χ3v) is 2.11. The van der Waals surface area contributed by atoms with Gasteiger partial charge in [-0.3, -0.25) is 4.79 Å². The first kappa shape index (κ1) is 7.52. The van der Waals surface area contributed by atoms with Gasteiger partial charge in [0.15, 0.2) is 5.78 Å². The Morgan fingerprint density at radius 3 is 3.20 bits per heavy atom. The third kappa shape index (κ3) is 1.98. The maximum Gasteiger partial charge on any atom is 0.155 e. The molecule has 1 rings (SSSR count). The number of hydrogen-bond donors (Lipinski definition) is 0. The van der Waals surface area contributed by atoms with Gasteiger partial charge in [0.25, 0.3) is 0 Å². The molecule has 1 nitrogen and oxygen atoms in total. The van der Waals surface area contributed by atoms with E-state index in [1.807, 2.05) is 6.08 Å². The Morgan fingerprint density at radius 2 is 2.50 bits per heavy atom. The number of rotatable bonds is 1. The van der Waals surface area contributed by atoms with Gasteiger partial charge in [-0.05, 0) is 24.8 Å². The molecule has 0 saturated carbocycles. The van der Waals surface area contributed by atoms with Crippen molar-refractivity contribution in [2.24, 2.45) is 5.92 Å². The zero-order chi connectivity index (χ0) is 7.40. The van der Waals surface area contributed by atoms with Gasteiger partial charge in [-0.1, -0.05) is 19.4 Å². The van der Waals surface area contributed by atoms with Crippen molar-refractivity contribution in [3.8, 4) is 0 Å². The standard InChI is InChI=1S/C9H14O/c1-2-8-5-3-4-6-9(10)7-8/h4,6,8H,2-3,5,7H2,1H3. The van der Waals surface area contributed by atoms with Crippen molar-refractivity contribution in [1.29, 1.82) is 0 Å². The number of ketones is 1. The van der Waals surface area contributed by atoms with Crippen LogP contribution in [0.15, 0.2) is 12.2 Å². The highest BCUT2D eigenvalue weighted by Gasteiger charge is 2.11. The van der Waals surface area contributed by atoms with Crippen LogP contribution in [0.2, 0.25) is 0 Å². The van der Waals surface area contributed by atoms with Gasteiger partial charge in [-0.25, -0.2) is 0 Å². The van der Waals surface area contributed by atoms with Crippen LogP contribution in [-0.4, -0.2) is 5.78 Å². The monoisotopic (exact) mass is 138 g/mol. The normalized spacial score (nSPS) is 26.5. The predicted octanol–water partition coefficient (Wildman–Crippen LogP) is 2.32. The van der Waals surface area contributed by atoms with Gasteiger partial charge in [-0.15, -0.1) is 0 Å². The molecule has 1 aliphatic carbocycles. The second kappa shape index (κ2) is 3.55. The second-order valence-electron chi connectivity index (χ2n) is 2.92. The van der Waals surface area contributed by atoms with Crippen molar-refractivity contribution >= 4 is 5.78 Å². The van der Waals surface area contributed by atoms with Crippen LogP contribution >= 0.6 is 0 Å². The lowest BCUT2D eigenvalue weighted by Crippen LogP contribution is -2.02. The molecule has 0 spiro atoms. The molecule has 0 aliphatic heterocycles. The van der Waals surface area contributed by atoms with Gasteiger partial charge in [0, 0.05) is 6.42 Å². The maximum atomic E-state index is 11.0. The first-order chi connectivity index (χ1) is 4.83. The van der Waals surface area contributed by atoms with Gasteiger partial charge in [0.1, 0.15) is 0 Å². The van der Waals surface area contributed by atoms with Crippen molar-refractivity contribution in [2.75, 3.05) is 0 Å². The molecule has 56 valence electrons. The molecule has 0 aromatic heterocycles. The van der Waals surface area contributed by atoms with Crippen LogP contribution < -0.4 is 0 Å². The summed E-state index contributed by atoms with van der Waals surface area (Å²) in [5.41, 5.74) is 0. The van der Waals surface area contributed by atoms with E-state index in [4.69, 9.17) is 0 Å². The number of allylic oxidation sites excluding steroid dienone is 2. The molecule has 0 aromatic rings. The number of carbonyl (C=O) groups excluding carboxylic acids is 1. The molecule has 0 aromatic carbocycles. The summed E-state index contributed by atoms with van der Waals surface area (Å²) in [6.07, 6.45) is 7.93. The molecular formula is C9H14O. The van der Waals surface area contributed by atoms with E-state index in [-0.39, 0.29) is 0 Å². The summed E-state index contributed by atoms with van der Waals surface area (Å²) in [6, 6.07) is 0. The summed E-state index contributed by atoms with van der Waals surface area (Å²) in [7, 11) is 0. The average molecular weight is 138 g/mol. The minimum atomic E-state index is 0.310. The first-order valence-corrected chi connectivity index (χ1v) is 4.02. The molecule has 0 N–H and O–H groups in total. The van der Waals surface area contributed by atoms with Crippen molar-refractivity contribution in [2.45, 2.75) is 32.6 Å².